The number of carbonyl (C=O) groups excluding carboxylic acids is 3. The van der Waals surface area contributed by atoms with E-state index in [1.807, 2.05) is 0 Å². The highest BCUT2D eigenvalue weighted by Gasteiger charge is 2.19. The average molecular weight is 946 g/mol. The van der Waals surface area contributed by atoms with Gasteiger partial charge < -0.3 is 14.2 Å². The highest BCUT2D eigenvalue weighted by Crippen LogP contribution is 2.14. The molecule has 0 spiro atoms. The van der Waals surface area contributed by atoms with E-state index in [2.05, 4.69) is 118 Å². The lowest BCUT2D eigenvalue weighted by Crippen LogP contribution is -2.30. The van der Waals surface area contributed by atoms with Crippen LogP contribution in [0.15, 0.2) is 97.2 Å². The van der Waals surface area contributed by atoms with Crippen molar-refractivity contribution in [3.8, 4) is 0 Å². The monoisotopic (exact) mass is 945 g/mol. The fraction of sp³-hybridized carbons (Fsp3) is 0.694. The zero-order valence-corrected chi connectivity index (χ0v) is 44.3. The Morgan fingerprint density at radius 2 is 0.603 bits per heavy atom. The number of esters is 3. The van der Waals surface area contributed by atoms with E-state index in [1.54, 1.807) is 0 Å². The van der Waals surface area contributed by atoms with E-state index in [0.29, 0.717) is 19.3 Å². The molecule has 0 aromatic rings. The summed E-state index contributed by atoms with van der Waals surface area (Å²) >= 11 is 0. The fourth-order valence-corrected chi connectivity index (χ4v) is 7.56. The summed E-state index contributed by atoms with van der Waals surface area (Å²) in [6, 6.07) is 0. The van der Waals surface area contributed by atoms with E-state index >= 15 is 0 Å². The van der Waals surface area contributed by atoms with Crippen LogP contribution in [-0.2, 0) is 28.6 Å². The number of ether oxygens (including phenoxy) is 3. The molecule has 0 fully saturated rings. The van der Waals surface area contributed by atoms with Crippen molar-refractivity contribution in [3.63, 3.8) is 0 Å². The lowest BCUT2D eigenvalue weighted by atomic mass is 10.1. The van der Waals surface area contributed by atoms with Crippen LogP contribution in [0.4, 0.5) is 0 Å². The second-order valence-electron chi connectivity index (χ2n) is 18.5. The molecule has 0 saturated heterocycles. The molecule has 0 aliphatic rings. The van der Waals surface area contributed by atoms with Gasteiger partial charge in [-0.1, -0.05) is 221 Å². The van der Waals surface area contributed by atoms with Crippen molar-refractivity contribution >= 4 is 17.9 Å². The Bertz CT molecular complexity index is 1360. The second kappa shape index (κ2) is 55.9. The zero-order valence-electron chi connectivity index (χ0n) is 44.3. The van der Waals surface area contributed by atoms with Crippen molar-refractivity contribution in [2.24, 2.45) is 0 Å². The molecule has 1 unspecified atom stereocenters. The molecular weight excluding hydrogens is 841 g/mol. The molecule has 0 bridgehead atoms. The molecule has 68 heavy (non-hydrogen) atoms. The van der Waals surface area contributed by atoms with Gasteiger partial charge in [0.2, 0.25) is 0 Å². The normalized spacial score (nSPS) is 12.8. The summed E-state index contributed by atoms with van der Waals surface area (Å²) in [5.74, 6) is -0.934. The maximum absolute atomic E-state index is 12.8. The minimum Gasteiger partial charge on any atom is -0.462 e. The smallest absolute Gasteiger partial charge is 0.306 e. The molecule has 388 valence electrons. The Hall–Kier alpha value is -3.67. The molecule has 0 aromatic carbocycles. The number of hydrogen-bond donors (Lipinski definition) is 0. The third-order valence-electron chi connectivity index (χ3n) is 11.8. The summed E-state index contributed by atoms with van der Waals surface area (Å²) in [6.07, 6.45) is 73.9. The lowest BCUT2D eigenvalue weighted by molar-refractivity contribution is -0.167. The first-order chi connectivity index (χ1) is 33.5. The summed E-state index contributed by atoms with van der Waals surface area (Å²) in [7, 11) is 0. The van der Waals surface area contributed by atoms with Crippen LogP contribution in [-0.4, -0.2) is 37.2 Å². The van der Waals surface area contributed by atoms with E-state index in [1.165, 1.54) is 64.2 Å². The van der Waals surface area contributed by atoms with E-state index in [0.717, 1.165) is 154 Å². The standard InChI is InChI=1S/C62H104O6/c1-4-7-10-13-16-19-22-25-27-29-30-31-32-33-35-37-40-43-46-49-52-55-61(64)67-58-59(57-66-60(63)54-51-48-45-42-39-36-24-21-18-15-12-9-6-3)68-62(65)56-53-50-47-44-41-38-34-28-26-23-20-17-14-11-8-5-2/h7,10,12,15-16,19,21,24-25,27-28,30-31,33-35,59H,4-6,8-9,11,13-14,17-18,20,22-23,26,29,32,36-58H2,1-3H3/b10-7-,15-12-,19-16-,24-21-,27-25-,31-30-,34-28-,35-33-. The molecule has 0 aromatic heterocycles. The summed E-state index contributed by atoms with van der Waals surface area (Å²) in [4.78, 5) is 38.1. The van der Waals surface area contributed by atoms with Crippen molar-refractivity contribution < 1.29 is 28.6 Å². The highest BCUT2D eigenvalue weighted by molar-refractivity contribution is 5.71. The van der Waals surface area contributed by atoms with Gasteiger partial charge in [-0.05, 0) is 116 Å². The number of unbranched alkanes of at least 4 members (excludes halogenated alkanes) is 23. The maximum Gasteiger partial charge on any atom is 0.306 e. The van der Waals surface area contributed by atoms with Crippen LogP contribution in [0.3, 0.4) is 0 Å². The molecule has 0 saturated carbocycles. The van der Waals surface area contributed by atoms with Crippen LogP contribution in [0.2, 0.25) is 0 Å². The third kappa shape index (κ3) is 53.3. The largest absolute Gasteiger partial charge is 0.462 e. The molecule has 6 nitrogen and oxygen atoms in total. The van der Waals surface area contributed by atoms with Crippen molar-refractivity contribution in [1.29, 1.82) is 0 Å². The van der Waals surface area contributed by atoms with Gasteiger partial charge in [-0.25, -0.2) is 0 Å². The summed E-state index contributed by atoms with van der Waals surface area (Å²) in [6.45, 7) is 6.43. The van der Waals surface area contributed by atoms with Crippen LogP contribution in [0.1, 0.15) is 258 Å². The van der Waals surface area contributed by atoms with Crippen LogP contribution >= 0.6 is 0 Å². The lowest BCUT2D eigenvalue weighted by Gasteiger charge is -2.18. The first kappa shape index (κ1) is 64.3. The Kier molecular flexibility index (Phi) is 52.9. The topological polar surface area (TPSA) is 78.9 Å². The van der Waals surface area contributed by atoms with Gasteiger partial charge in [0.05, 0.1) is 0 Å². The van der Waals surface area contributed by atoms with Crippen molar-refractivity contribution in [2.75, 3.05) is 13.2 Å². The van der Waals surface area contributed by atoms with Gasteiger partial charge in [-0.3, -0.25) is 14.4 Å². The highest BCUT2D eigenvalue weighted by atomic mass is 16.6. The third-order valence-corrected chi connectivity index (χ3v) is 11.8. The fourth-order valence-electron chi connectivity index (χ4n) is 7.56. The predicted octanol–water partition coefficient (Wildman–Crippen LogP) is 18.9. The number of allylic oxidation sites excluding steroid dienone is 16. The van der Waals surface area contributed by atoms with Crippen LogP contribution in [0.5, 0.6) is 0 Å². The Balaban J connectivity index is 4.43. The molecule has 1 atom stereocenters. The SMILES string of the molecule is CC/C=C\C/C=C\C/C=C\C/C=C\C/C=C\CCCCCCCC(=O)OCC(COC(=O)CCCCCCC/C=C\C/C=C\CCC)OC(=O)CCCCCCC/C=C\CCCCCCCCC. The molecule has 0 aliphatic heterocycles. The van der Waals surface area contributed by atoms with Gasteiger partial charge in [0, 0.05) is 19.3 Å². The minimum absolute atomic E-state index is 0.0951. The number of hydrogen-bond acceptors (Lipinski definition) is 6. The van der Waals surface area contributed by atoms with Crippen molar-refractivity contribution in [1.82, 2.24) is 0 Å². The minimum atomic E-state index is -0.797. The molecule has 6 heteroatoms. The van der Waals surface area contributed by atoms with Gasteiger partial charge in [-0.15, -0.1) is 0 Å². The Morgan fingerprint density at radius 3 is 0.971 bits per heavy atom. The van der Waals surface area contributed by atoms with E-state index in [4.69, 9.17) is 14.2 Å². The molecular formula is C62H104O6. The Morgan fingerprint density at radius 1 is 0.309 bits per heavy atom. The van der Waals surface area contributed by atoms with E-state index in [-0.39, 0.29) is 31.1 Å². The van der Waals surface area contributed by atoms with Gasteiger partial charge in [0.25, 0.3) is 0 Å². The van der Waals surface area contributed by atoms with E-state index in [9.17, 15) is 14.4 Å². The Labute approximate surface area is 419 Å². The molecule has 0 N–H and O–H groups in total. The molecule has 0 aliphatic carbocycles. The molecule has 0 amide bonds. The molecule has 0 radical (unpaired) electrons. The van der Waals surface area contributed by atoms with Gasteiger partial charge in [-0.2, -0.15) is 0 Å². The van der Waals surface area contributed by atoms with E-state index < -0.39 is 6.10 Å². The van der Waals surface area contributed by atoms with Crippen molar-refractivity contribution in [2.45, 2.75) is 264 Å². The zero-order chi connectivity index (χ0) is 49.3. The first-order valence-electron chi connectivity index (χ1n) is 28.2. The molecule has 0 rings (SSSR count). The van der Waals surface area contributed by atoms with Crippen LogP contribution < -0.4 is 0 Å². The molecule has 0 heterocycles. The van der Waals surface area contributed by atoms with Gasteiger partial charge in [0.1, 0.15) is 13.2 Å². The number of carbonyl (C=O) groups is 3. The quantitative estimate of drug-likeness (QED) is 0.0262. The number of rotatable bonds is 50. The summed E-state index contributed by atoms with van der Waals surface area (Å²) in [5.41, 5.74) is 0. The second-order valence-corrected chi connectivity index (χ2v) is 18.5. The summed E-state index contributed by atoms with van der Waals surface area (Å²) < 4.78 is 16.8. The van der Waals surface area contributed by atoms with Gasteiger partial charge in [0.15, 0.2) is 6.10 Å². The first-order valence-corrected chi connectivity index (χ1v) is 28.2. The predicted molar refractivity (Wildman–Crippen MR) is 293 cm³/mol. The van der Waals surface area contributed by atoms with Gasteiger partial charge >= 0.3 is 17.9 Å². The maximum atomic E-state index is 12.8. The van der Waals surface area contributed by atoms with Crippen LogP contribution in [0.25, 0.3) is 0 Å². The van der Waals surface area contributed by atoms with Crippen LogP contribution in [0, 0.1) is 0 Å². The van der Waals surface area contributed by atoms with Crippen molar-refractivity contribution in [3.05, 3.63) is 97.2 Å². The summed E-state index contributed by atoms with van der Waals surface area (Å²) in [5, 5.41) is 0. The average Bonchev–Trinajstić information content (AvgIpc) is 3.34.